The number of quaternary nitrogens is 1. The van der Waals surface area contributed by atoms with E-state index in [4.69, 9.17) is 9.47 Å². The van der Waals surface area contributed by atoms with Gasteiger partial charge in [0.15, 0.2) is 0 Å². The first-order valence-electron chi connectivity index (χ1n) is 7.34. The molecule has 1 aliphatic rings. The Labute approximate surface area is 120 Å². The highest BCUT2D eigenvalue weighted by molar-refractivity contribution is 5.74. The summed E-state index contributed by atoms with van der Waals surface area (Å²) in [7, 11) is 0. The maximum atomic E-state index is 10.6. The minimum Gasteiger partial charge on any atom is -0.493 e. The predicted molar refractivity (Wildman–Crippen MR) is 77.5 cm³/mol. The Kier molecular flexibility index (Phi) is 5.56. The normalized spacial score (nSPS) is 26.2. The molecular formula is C16H24NO3+. The molecule has 1 aliphatic heterocycles. The smallest absolute Gasteiger partial charge is 0.150 e. The minimum absolute atomic E-state index is 0.352. The van der Waals surface area contributed by atoms with Gasteiger partial charge in [0.1, 0.15) is 37.3 Å². The van der Waals surface area contributed by atoms with E-state index in [-0.39, 0.29) is 0 Å². The molecule has 0 bridgehead atoms. The fraction of sp³-hybridized carbons (Fsp3) is 0.562. The zero-order chi connectivity index (χ0) is 14.4. The van der Waals surface area contributed by atoms with Crippen LogP contribution in [0, 0.1) is 0 Å². The van der Waals surface area contributed by atoms with Crippen molar-refractivity contribution in [2.45, 2.75) is 32.5 Å². The third-order valence-electron chi connectivity index (χ3n) is 3.58. The zero-order valence-electron chi connectivity index (χ0n) is 12.3. The van der Waals surface area contributed by atoms with Gasteiger partial charge >= 0.3 is 0 Å². The molecule has 1 N–H and O–H groups in total. The van der Waals surface area contributed by atoms with Crippen molar-refractivity contribution in [3.05, 3.63) is 29.8 Å². The summed E-state index contributed by atoms with van der Waals surface area (Å²) in [6.07, 6.45) is 2.58. The monoisotopic (exact) mass is 278 g/mol. The molecule has 0 radical (unpaired) electrons. The summed E-state index contributed by atoms with van der Waals surface area (Å²) in [5, 5.41) is 0. The van der Waals surface area contributed by atoms with Gasteiger partial charge in [0.05, 0.1) is 13.2 Å². The maximum absolute atomic E-state index is 10.6. The lowest BCUT2D eigenvalue weighted by Crippen LogP contribution is -3.15. The molecule has 0 spiro atoms. The lowest BCUT2D eigenvalue weighted by molar-refractivity contribution is -0.915. The van der Waals surface area contributed by atoms with Crippen LogP contribution in [-0.2, 0) is 4.74 Å². The Balaban J connectivity index is 1.66. The van der Waals surface area contributed by atoms with Crippen LogP contribution in [0.2, 0.25) is 0 Å². The van der Waals surface area contributed by atoms with Crippen LogP contribution in [0.5, 0.6) is 5.75 Å². The first kappa shape index (κ1) is 15.0. The number of aldehydes is 1. The molecule has 3 atom stereocenters. The predicted octanol–water partition coefficient (Wildman–Crippen LogP) is 0.960. The highest BCUT2D eigenvalue weighted by Crippen LogP contribution is 2.11. The van der Waals surface area contributed by atoms with Gasteiger partial charge in [0, 0.05) is 12.0 Å². The Morgan fingerprint density at radius 1 is 1.25 bits per heavy atom. The lowest BCUT2D eigenvalue weighted by Gasteiger charge is -2.32. The zero-order valence-corrected chi connectivity index (χ0v) is 12.3. The number of rotatable bonds is 6. The summed E-state index contributed by atoms with van der Waals surface area (Å²) >= 11 is 0. The number of benzene rings is 1. The van der Waals surface area contributed by atoms with E-state index >= 15 is 0 Å². The summed E-state index contributed by atoms with van der Waals surface area (Å²) in [6.45, 7) is 8.27. The summed E-state index contributed by atoms with van der Waals surface area (Å²) in [5.41, 5.74) is 0.679. The number of hydrogen-bond acceptors (Lipinski definition) is 3. The quantitative estimate of drug-likeness (QED) is 0.622. The highest BCUT2D eigenvalue weighted by atomic mass is 16.5. The van der Waals surface area contributed by atoms with Crippen molar-refractivity contribution in [2.75, 3.05) is 26.2 Å². The van der Waals surface area contributed by atoms with Gasteiger partial charge in [-0.2, -0.15) is 0 Å². The van der Waals surface area contributed by atoms with Crippen LogP contribution < -0.4 is 9.64 Å². The van der Waals surface area contributed by atoms with E-state index in [1.807, 2.05) is 12.1 Å². The Morgan fingerprint density at radius 2 is 1.90 bits per heavy atom. The number of carbonyl (C=O) groups excluding carboxylic acids is 1. The molecule has 0 aliphatic carbocycles. The molecule has 1 unspecified atom stereocenters. The molecule has 4 nitrogen and oxygen atoms in total. The topological polar surface area (TPSA) is 40.0 Å². The van der Waals surface area contributed by atoms with Gasteiger partial charge in [-0.1, -0.05) is 0 Å². The Hall–Kier alpha value is -1.39. The summed E-state index contributed by atoms with van der Waals surface area (Å²) in [6, 6.07) is 7.24. The van der Waals surface area contributed by atoms with Gasteiger partial charge in [0.2, 0.25) is 0 Å². The second kappa shape index (κ2) is 7.41. The van der Waals surface area contributed by atoms with Crippen molar-refractivity contribution >= 4 is 6.29 Å². The minimum atomic E-state index is 0.352. The number of ether oxygens (including phenoxy) is 2. The number of carbonyl (C=O) groups is 1. The number of nitrogens with one attached hydrogen (secondary N) is 1. The Bertz CT molecular complexity index is 408. The lowest BCUT2D eigenvalue weighted by atomic mass is 10.2. The van der Waals surface area contributed by atoms with Gasteiger partial charge in [0.25, 0.3) is 0 Å². The fourth-order valence-corrected chi connectivity index (χ4v) is 2.75. The molecule has 1 fully saturated rings. The van der Waals surface area contributed by atoms with E-state index in [1.165, 1.54) is 0 Å². The number of hydrogen-bond donors (Lipinski definition) is 1. The van der Waals surface area contributed by atoms with Crippen molar-refractivity contribution < 1.29 is 19.2 Å². The molecule has 1 aromatic rings. The van der Waals surface area contributed by atoms with Crippen LogP contribution in [0.15, 0.2) is 24.3 Å². The molecule has 1 saturated heterocycles. The third kappa shape index (κ3) is 4.62. The first-order valence-corrected chi connectivity index (χ1v) is 7.34. The van der Waals surface area contributed by atoms with Gasteiger partial charge in [-0.15, -0.1) is 0 Å². The average Bonchev–Trinajstić information content (AvgIpc) is 2.43. The third-order valence-corrected chi connectivity index (χ3v) is 3.58. The Morgan fingerprint density at radius 3 is 2.50 bits per heavy atom. The van der Waals surface area contributed by atoms with Gasteiger partial charge in [-0.25, -0.2) is 0 Å². The van der Waals surface area contributed by atoms with E-state index in [0.29, 0.717) is 24.4 Å². The summed E-state index contributed by atoms with van der Waals surface area (Å²) in [5.74, 6) is 0.828. The first-order chi connectivity index (χ1) is 9.67. The summed E-state index contributed by atoms with van der Waals surface area (Å²) < 4.78 is 11.4. The van der Waals surface area contributed by atoms with Crippen molar-refractivity contribution in [2.24, 2.45) is 0 Å². The molecule has 110 valence electrons. The van der Waals surface area contributed by atoms with Crippen molar-refractivity contribution in [1.82, 2.24) is 0 Å². The average molecular weight is 278 g/mol. The van der Waals surface area contributed by atoms with Crippen LogP contribution in [0.25, 0.3) is 0 Å². The van der Waals surface area contributed by atoms with Crippen LogP contribution in [-0.4, -0.2) is 44.7 Å². The van der Waals surface area contributed by atoms with Crippen molar-refractivity contribution in [1.29, 1.82) is 0 Å². The van der Waals surface area contributed by atoms with Crippen LogP contribution in [0.4, 0.5) is 0 Å². The van der Waals surface area contributed by atoms with E-state index < -0.39 is 0 Å². The van der Waals surface area contributed by atoms with Gasteiger partial charge < -0.3 is 14.4 Å². The van der Waals surface area contributed by atoms with E-state index in [2.05, 4.69) is 13.8 Å². The van der Waals surface area contributed by atoms with E-state index in [9.17, 15) is 4.79 Å². The molecule has 0 amide bonds. The van der Waals surface area contributed by atoms with Crippen LogP contribution in [0.1, 0.15) is 30.6 Å². The van der Waals surface area contributed by atoms with Crippen molar-refractivity contribution in [3.8, 4) is 5.75 Å². The van der Waals surface area contributed by atoms with E-state index in [1.54, 1.807) is 17.0 Å². The number of morpholine rings is 1. The van der Waals surface area contributed by atoms with Crippen LogP contribution in [0.3, 0.4) is 0 Å². The largest absolute Gasteiger partial charge is 0.493 e. The molecular weight excluding hydrogens is 254 g/mol. The molecule has 0 aromatic heterocycles. The standard InChI is InChI=1S/C16H23NO3/c1-13-10-17(11-14(2)20-13)8-3-9-19-16-6-4-15(12-18)5-7-16/h4-7,12-14H,3,8-11H2,1-2H3/p+1/t13-,14+. The molecule has 0 saturated carbocycles. The second-order valence-corrected chi connectivity index (χ2v) is 5.55. The van der Waals surface area contributed by atoms with Gasteiger partial charge in [-0.05, 0) is 38.1 Å². The van der Waals surface area contributed by atoms with Crippen LogP contribution >= 0.6 is 0 Å². The maximum Gasteiger partial charge on any atom is 0.150 e. The highest BCUT2D eigenvalue weighted by Gasteiger charge is 2.24. The molecule has 1 heterocycles. The molecule has 20 heavy (non-hydrogen) atoms. The fourth-order valence-electron chi connectivity index (χ4n) is 2.75. The SMILES string of the molecule is C[C@@H]1C[NH+](CCCOc2ccc(C=O)cc2)C[C@H](C)O1. The molecule has 2 rings (SSSR count). The molecule has 1 aromatic carbocycles. The van der Waals surface area contributed by atoms with E-state index in [0.717, 1.165) is 38.1 Å². The van der Waals surface area contributed by atoms with Crippen molar-refractivity contribution in [3.63, 3.8) is 0 Å². The molecule has 4 heteroatoms. The second-order valence-electron chi connectivity index (χ2n) is 5.55. The van der Waals surface area contributed by atoms with Gasteiger partial charge in [-0.3, -0.25) is 4.79 Å². The summed E-state index contributed by atoms with van der Waals surface area (Å²) in [4.78, 5) is 12.1.